The van der Waals surface area contributed by atoms with Crippen LogP contribution in [0.15, 0.2) is 12.1 Å². The second kappa shape index (κ2) is 7.66. The summed E-state index contributed by atoms with van der Waals surface area (Å²) in [7, 11) is 3.00. The highest BCUT2D eigenvalue weighted by Crippen LogP contribution is 2.37. The number of hydrogen-bond acceptors (Lipinski definition) is 6. The lowest BCUT2D eigenvalue weighted by molar-refractivity contribution is 0.0414. The highest BCUT2D eigenvalue weighted by atomic mass is 35.5. The van der Waals surface area contributed by atoms with Gasteiger partial charge in [-0.1, -0.05) is 17.7 Å². The quantitative estimate of drug-likeness (QED) is 0.547. The van der Waals surface area contributed by atoms with Crippen LogP contribution in [0.1, 0.15) is 5.56 Å². The maximum atomic E-state index is 9.25. The third-order valence-corrected chi connectivity index (χ3v) is 3.54. The predicted molar refractivity (Wildman–Crippen MR) is 75.4 cm³/mol. The molecule has 0 amide bonds. The van der Waals surface area contributed by atoms with Crippen molar-refractivity contribution in [1.29, 1.82) is 0 Å². The van der Waals surface area contributed by atoms with Gasteiger partial charge in [0.25, 0.3) is 0 Å². The molecule has 1 rings (SSSR count). The van der Waals surface area contributed by atoms with Crippen LogP contribution in [-0.4, -0.2) is 54.9 Å². The van der Waals surface area contributed by atoms with Crippen molar-refractivity contribution in [3.63, 3.8) is 0 Å². The molecular weight excluding hydrogens is 286 g/mol. The molecule has 0 heterocycles. The lowest BCUT2D eigenvalue weighted by Crippen LogP contribution is -2.54. The maximum absolute atomic E-state index is 9.25. The molecule has 0 unspecified atom stereocenters. The van der Waals surface area contributed by atoms with Crippen molar-refractivity contribution in [2.45, 2.75) is 12.1 Å². The molecule has 0 spiro atoms. The predicted octanol–water partition coefficient (Wildman–Crippen LogP) is 0.162. The molecule has 1 aromatic rings. The van der Waals surface area contributed by atoms with E-state index in [4.69, 9.17) is 21.1 Å². The molecule has 0 aliphatic carbocycles. The van der Waals surface area contributed by atoms with E-state index in [9.17, 15) is 15.3 Å². The van der Waals surface area contributed by atoms with E-state index in [1.807, 2.05) is 0 Å². The normalized spacial score (nSPS) is 11.5. The molecule has 6 nitrogen and oxygen atoms in total. The number of rotatable bonds is 8. The van der Waals surface area contributed by atoms with Gasteiger partial charge in [-0.2, -0.15) is 0 Å². The molecule has 4 N–H and O–H groups in total. The van der Waals surface area contributed by atoms with Crippen molar-refractivity contribution in [3.05, 3.63) is 22.7 Å². The van der Waals surface area contributed by atoms with Gasteiger partial charge >= 0.3 is 0 Å². The number of hydrogen-bond donors (Lipinski definition) is 4. The van der Waals surface area contributed by atoms with Crippen LogP contribution < -0.4 is 14.8 Å². The standard InChI is InChI=1S/C13H20ClNO5/c1-19-10-4-3-9(11(14)12(10)20-2)5-15-13(6-16,7-17)8-18/h3-4,15-18H,5-8H2,1-2H3. The largest absolute Gasteiger partial charge is 0.493 e. The van der Waals surface area contributed by atoms with Crippen molar-refractivity contribution in [1.82, 2.24) is 5.32 Å². The number of benzene rings is 1. The average molecular weight is 306 g/mol. The molecule has 0 bridgehead atoms. The lowest BCUT2D eigenvalue weighted by atomic mass is 10.0. The van der Waals surface area contributed by atoms with E-state index >= 15 is 0 Å². The Morgan fingerprint density at radius 2 is 1.70 bits per heavy atom. The van der Waals surface area contributed by atoms with Gasteiger partial charge in [-0.25, -0.2) is 0 Å². The van der Waals surface area contributed by atoms with Crippen LogP contribution in [0.4, 0.5) is 0 Å². The Morgan fingerprint density at radius 1 is 1.10 bits per heavy atom. The molecule has 0 saturated heterocycles. The second-order valence-corrected chi connectivity index (χ2v) is 4.76. The van der Waals surface area contributed by atoms with Gasteiger partial charge in [0.05, 0.1) is 44.6 Å². The highest BCUT2D eigenvalue weighted by Gasteiger charge is 2.27. The number of halogens is 1. The molecule has 0 aromatic heterocycles. The van der Waals surface area contributed by atoms with Gasteiger partial charge in [0.2, 0.25) is 0 Å². The number of methoxy groups -OCH3 is 2. The average Bonchev–Trinajstić information content (AvgIpc) is 2.50. The van der Waals surface area contributed by atoms with Gasteiger partial charge < -0.3 is 30.1 Å². The molecule has 0 aliphatic heterocycles. The third kappa shape index (κ3) is 3.53. The van der Waals surface area contributed by atoms with Crippen LogP contribution in [0.2, 0.25) is 5.02 Å². The van der Waals surface area contributed by atoms with Crippen LogP contribution in [0.3, 0.4) is 0 Å². The van der Waals surface area contributed by atoms with Gasteiger partial charge in [0.15, 0.2) is 11.5 Å². The maximum Gasteiger partial charge on any atom is 0.179 e. The first-order valence-electron chi connectivity index (χ1n) is 6.04. The Morgan fingerprint density at radius 3 is 2.15 bits per heavy atom. The highest BCUT2D eigenvalue weighted by molar-refractivity contribution is 6.33. The zero-order valence-electron chi connectivity index (χ0n) is 11.5. The molecule has 1 aromatic carbocycles. The molecular formula is C13H20ClNO5. The first-order valence-corrected chi connectivity index (χ1v) is 6.42. The van der Waals surface area contributed by atoms with Crippen LogP contribution >= 0.6 is 11.6 Å². The summed E-state index contributed by atoms with van der Waals surface area (Å²) in [6, 6.07) is 3.45. The first-order chi connectivity index (χ1) is 9.57. The SMILES string of the molecule is COc1ccc(CNC(CO)(CO)CO)c(Cl)c1OC. The van der Waals surface area contributed by atoms with Gasteiger partial charge in [0.1, 0.15) is 0 Å². The first kappa shape index (κ1) is 17.0. The summed E-state index contributed by atoms with van der Waals surface area (Å²) in [4.78, 5) is 0. The summed E-state index contributed by atoms with van der Waals surface area (Å²) in [5.41, 5.74) is -0.458. The molecule has 0 aliphatic rings. The Bertz CT molecular complexity index is 429. The topological polar surface area (TPSA) is 91.2 Å². The summed E-state index contributed by atoms with van der Waals surface area (Å²) in [5.74, 6) is 0.926. The van der Waals surface area contributed by atoms with E-state index in [0.29, 0.717) is 22.1 Å². The summed E-state index contributed by atoms with van der Waals surface area (Å²) < 4.78 is 10.3. The smallest absolute Gasteiger partial charge is 0.179 e. The fraction of sp³-hybridized carbons (Fsp3) is 0.538. The minimum atomic E-state index is -1.16. The number of aliphatic hydroxyl groups excluding tert-OH is 3. The van der Waals surface area contributed by atoms with E-state index in [1.54, 1.807) is 12.1 Å². The summed E-state index contributed by atoms with van der Waals surface area (Å²) in [6.45, 7) is -0.943. The zero-order valence-corrected chi connectivity index (χ0v) is 12.3. The Balaban J connectivity index is 2.94. The minimum absolute atomic E-state index is 0.251. The van der Waals surface area contributed by atoms with E-state index < -0.39 is 25.4 Å². The van der Waals surface area contributed by atoms with Crippen molar-refractivity contribution < 1.29 is 24.8 Å². The van der Waals surface area contributed by atoms with Crippen LogP contribution in [-0.2, 0) is 6.54 Å². The summed E-state index contributed by atoms with van der Waals surface area (Å²) in [5, 5.41) is 31.0. The Hall–Kier alpha value is -1.05. The summed E-state index contributed by atoms with van der Waals surface area (Å²) >= 11 is 6.22. The lowest BCUT2D eigenvalue weighted by Gasteiger charge is -2.29. The second-order valence-electron chi connectivity index (χ2n) is 4.38. The molecule has 0 fully saturated rings. The number of ether oxygens (including phenoxy) is 2. The summed E-state index contributed by atoms with van der Waals surface area (Å²) in [6.07, 6.45) is 0. The van der Waals surface area contributed by atoms with Gasteiger partial charge in [0, 0.05) is 6.54 Å². The van der Waals surface area contributed by atoms with E-state index in [0.717, 1.165) is 0 Å². The van der Waals surface area contributed by atoms with E-state index in [1.165, 1.54) is 14.2 Å². The molecule has 7 heteroatoms. The van der Waals surface area contributed by atoms with Crippen molar-refractivity contribution in [3.8, 4) is 11.5 Å². The van der Waals surface area contributed by atoms with Gasteiger partial charge in [-0.3, -0.25) is 0 Å². The molecule has 0 saturated carbocycles. The molecule has 114 valence electrons. The third-order valence-electron chi connectivity index (χ3n) is 3.13. The Labute approximate surface area is 122 Å². The minimum Gasteiger partial charge on any atom is -0.493 e. The van der Waals surface area contributed by atoms with Crippen molar-refractivity contribution in [2.75, 3.05) is 34.0 Å². The van der Waals surface area contributed by atoms with Gasteiger partial charge in [-0.05, 0) is 11.6 Å². The van der Waals surface area contributed by atoms with Gasteiger partial charge in [-0.15, -0.1) is 0 Å². The fourth-order valence-corrected chi connectivity index (χ4v) is 1.97. The molecule has 20 heavy (non-hydrogen) atoms. The fourth-order valence-electron chi connectivity index (χ4n) is 1.67. The van der Waals surface area contributed by atoms with Crippen LogP contribution in [0.5, 0.6) is 11.5 Å². The van der Waals surface area contributed by atoms with E-state index in [-0.39, 0.29) is 6.54 Å². The van der Waals surface area contributed by atoms with Crippen LogP contribution in [0, 0.1) is 0 Å². The van der Waals surface area contributed by atoms with E-state index in [2.05, 4.69) is 5.32 Å². The zero-order chi connectivity index (χ0) is 15.2. The molecule has 0 atom stereocenters. The van der Waals surface area contributed by atoms with Crippen molar-refractivity contribution in [2.24, 2.45) is 0 Å². The molecule has 0 radical (unpaired) electrons. The van der Waals surface area contributed by atoms with Crippen LogP contribution in [0.25, 0.3) is 0 Å². The number of aliphatic hydroxyl groups is 3. The van der Waals surface area contributed by atoms with Crippen molar-refractivity contribution >= 4 is 11.6 Å². The number of nitrogens with one attached hydrogen (secondary N) is 1. The Kier molecular flexibility index (Phi) is 6.51. The monoisotopic (exact) mass is 305 g/mol.